The van der Waals surface area contributed by atoms with E-state index >= 15 is 0 Å². The molecule has 2 N–H and O–H groups in total. The van der Waals surface area contributed by atoms with Crippen LogP contribution in [0.2, 0.25) is 10.0 Å². The summed E-state index contributed by atoms with van der Waals surface area (Å²) in [5.41, 5.74) is 1.93. The van der Waals surface area contributed by atoms with Crippen molar-refractivity contribution in [3.63, 3.8) is 0 Å². The molecular weight excluding hydrogens is 317 g/mol. The van der Waals surface area contributed by atoms with Gasteiger partial charge in [-0.25, -0.2) is 4.79 Å². The lowest BCUT2D eigenvalue weighted by molar-refractivity contribution is 0.0690. The van der Waals surface area contributed by atoms with Crippen LogP contribution < -0.4 is 0 Å². The number of aromatic carboxylic acids is 1. The first-order chi connectivity index (χ1) is 9.56. The summed E-state index contributed by atoms with van der Waals surface area (Å²) in [6, 6.07) is 7.26. The highest BCUT2D eigenvalue weighted by molar-refractivity contribution is 7.16. The molecule has 0 bridgehead atoms. The summed E-state index contributed by atoms with van der Waals surface area (Å²) >= 11 is 13.4. The van der Waals surface area contributed by atoms with Gasteiger partial charge in [-0.1, -0.05) is 29.3 Å². The van der Waals surface area contributed by atoms with Crippen molar-refractivity contribution in [1.29, 1.82) is 0 Å². The first-order valence-corrected chi connectivity index (χ1v) is 7.45. The number of carbonyl (C=O) groups is 1. The molecule has 0 spiro atoms. The Morgan fingerprint density at radius 1 is 1.25 bits per heavy atom. The lowest BCUT2D eigenvalue weighted by Gasteiger charge is -2.04. The molecule has 0 radical (unpaired) electrons. The molecule has 0 fully saturated rings. The Labute approximate surface area is 128 Å². The topological polar surface area (TPSA) is 53.1 Å². The largest absolute Gasteiger partial charge is 0.477 e. The van der Waals surface area contributed by atoms with Gasteiger partial charge in [0.15, 0.2) is 0 Å². The molecule has 3 aromatic rings. The molecule has 0 saturated carbocycles. The molecule has 0 aliphatic carbocycles. The van der Waals surface area contributed by atoms with Crippen LogP contribution in [0.4, 0.5) is 0 Å². The molecule has 1 aromatic carbocycles. The predicted octanol–water partition coefficient (Wildman–Crippen LogP) is 4.83. The minimum atomic E-state index is -0.955. The summed E-state index contributed by atoms with van der Waals surface area (Å²) in [6.45, 7) is 0. The second kappa shape index (κ2) is 5.13. The molecule has 3 rings (SSSR count). The minimum Gasteiger partial charge on any atom is -0.477 e. The van der Waals surface area contributed by atoms with Crippen molar-refractivity contribution in [2.45, 2.75) is 6.42 Å². The number of aromatic nitrogens is 1. The Hall–Kier alpha value is -1.49. The van der Waals surface area contributed by atoms with E-state index in [2.05, 4.69) is 4.98 Å². The molecule has 0 aliphatic rings. The van der Waals surface area contributed by atoms with Crippen LogP contribution in [0.15, 0.2) is 29.6 Å². The van der Waals surface area contributed by atoms with Crippen LogP contribution in [-0.4, -0.2) is 16.1 Å². The van der Waals surface area contributed by atoms with Crippen LogP contribution in [-0.2, 0) is 6.42 Å². The lowest BCUT2D eigenvalue weighted by atomic mass is 10.0. The van der Waals surface area contributed by atoms with Crippen molar-refractivity contribution in [2.24, 2.45) is 0 Å². The van der Waals surface area contributed by atoms with Crippen molar-refractivity contribution >= 4 is 50.7 Å². The Kier molecular flexibility index (Phi) is 3.46. The fourth-order valence-corrected chi connectivity index (χ4v) is 3.33. The molecule has 0 amide bonds. The third kappa shape index (κ3) is 2.30. The van der Waals surface area contributed by atoms with E-state index < -0.39 is 5.97 Å². The Morgan fingerprint density at radius 3 is 2.75 bits per heavy atom. The maximum Gasteiger partial charge on any atom is 0.352 e. The first kappa shape index (κ1) is 13.5. The van der Waals surface area contributed by atoms with Crippen LogP contribution in [0.5, 0.6) is 0 Å². The first-order valence-electron chi connectivity index (χ1n) is 5.81. The molecule has 102 valence electrons. The summed E-state index contributed by atoms with van der Waals surface area (Å²) < 4.78 is 0. The average molecular weight is 326 g/mol. The second-order valence-electron chi connectivity index (χ2n) is 4.37. The summed E-state index contributed by atoms with van der Waals surface area (Å²) in [4.78, 5) is 15.1. The number of H-pyrrole nitrogens is 1. The number of nitrogens with one attached hydrogen (secondary N) is 1. The number of benzene rings is 1. The number of hydrogen-bond donors (Lipinski definition) is 2. The maximum atomic E-state index is 11.3. The van der Waals surface area contributed by atoms with Gasteiger partial charge in [0.2, 0.25) is 0 Å². The van der Waals surface area contributed by atoms with E-state index in [0.29, 0.717) is 16.5 Å². The number of carboxylic acid groups (broad SMARTS) is 1. The number of fused-ring (bicyclic) bond motifs is 1. The smallest absolute Gasteiger partial charge is 0.352 e. The number of rotatable bonds is 3. The van der Waals surface area contributed by atoms with Gasteiger partial charge in [-0.3, -0.25) is 0 Å². The predicted molar refractivity (Wildman–Crippen MR) is 82.4 cm³/mol. The summed E-state index contributed by atoms with van der Waals surface area (Å²) in [5.74, 6) is -0.955. The van der Waals surface area contributed by atoms with Gasteiger partial charge in [0.05, 0.1) is 10.0 Å². The van der Waals surface area contributed by atoms with Crippen LogP contribution in [0.3, 0.4) is 0 Å². The average Bonchev–Trinajstić information content (AvgIpc) is 2.96. The fourth-order valence-electron chi connectivity index (χ4n) is 2.19. The van der Waals surface area contributed by atoms with Gasteiger partial charge in [-0.15, -0.1) is 11.3 Å². The van der Waals surface area contributed by atoms with E-state index in [4.69, 9.17) is 23.2 Å². The van der Waals surface area contributed by atoms with Gasteiger partial charge in [-0.2, -0.15) is 0 Å². The number of thiophene rings is 1. The molecule has 0 unspecified atom stereocenters. The third-order valence-corrected chi connectivity index (χ3v) is 4.68. The number of carboxylic acids is 1. The van der Waals surface area contributed by atoms with Crippen LogP contribution in [0.1, 0.15) is 21.6 Å². The van der Waals surface area contributed by atoms with E-state index in [9.17, 15) is 9.90 Å². The number of halogens is 2. The zero-order valence-corrected chi connectivity index (χ0v) is 12.4. The van der Waals surface area contributed by atoms with E-state index in [1.807, 2.05) is 17.5 Å². The van der Waals surface area contributed by atoms with Crippen molar-refractivity contribution in [3.05, 3.63) is 56.5 Å². The normalized spacial score (nSPS) is 11.1. The quantitative estimate of drug-likeness (QED) is 0.724. The molecule has 2 aromatic heterocycles. The monoisotopic (exact) mass is 325 g/mol. The standard InChI is InChI=1S/C14H9Cl2NO2S/c15-10-2-1-7(6-11(10)16)5-9-8-3-4-20-13(8)17-12(9)14(18)19/h1-4,6,17H,5H2,(H,18,19). The van der Waals surface area contributed by atoms with Gasteiger partial charge in [-0.05, 0) is 34.7 Å². The Morgan fingerprint density at radius 2 is 2.05 bits per heavy atom. The summed E-state index contributed by atoms with van der Waals surface area (Å²) in [5, 5.41) is 13.1. The Bertz CT molecular complexity index is 807. The zero-order valence-electron chi connectivity index (χ0n) is 10.1. The summed E-state index contributed by atoms with van der Waals surface area (Å²) in [7, 11) is 0. The number of hydrogen-bond acceptors (Lipinski definition) is 2. The molecule has 3 nitrogen and oxygen atoms in total. The van der Waals surface area contributed by atoms with Crippen LogP contribution in [0.25, 0.3) is 10.2 Å². The van der Waals surface area contributed by atoms with Gasteiger partial charge in [0, 0.05) is 11.8 Å². The van der Waals surface area contributed by atoms with Crippen LogP contribution >= 0.6 is 34.5 Å². The molecule has 6 heteroatoms. The molecule has 0 saturated heterocycles. The lowest BCUT2D eigenvalue weighted by Crippen LogP contribution is -2.02. The third-order valence-electron chi connectivity index (χ3n) is 3.11. The molecule has 2 heterocycles. The highest BCUT2D eigenvalue weighted by Gasteiger charge is 2.18. The fraction of sp³-hybridized carbons (Fsp3) is 0.0714. The van der Waals surface area contributed by atoms with Crippen LogP contribution in [0, 0.1) is 0 Å². The van der Waals surface area contributed by atoms with Gasteiger partial charge in [0.25, 0.3) is 0 Å². The van der Waals surface area contributed by atoms with Gasteiger partial charge >= 0.3 is 5.97 Å². The highest BCUT2D eigenvalue weighted by atomic mass is 35.5. The van der Waals surface area contributed by atoms with Crippen molar-refractivity contribution in [3.8, 4) is 0 Å². The highest BCUT2D eigenvalue weighted by Crippen LogP contribution is 2.30. The molecule has 20 heavy (non-hydrogen) atoms. The van der Waals surface area contributed by atoms with E-state index in [0.717, 1.165) is 21.3 Å². The Balaban J connectivity index is 2.08. The van der Waals surface area contributed by atoms with Gasteiger partial charge < -0.3 is 10.1 Å². The summed E-state index contributed by atoms with van der Waals surface area (Å²) in [6.07, 6.45) is 0.495. The SMILES string of the molecule is O=C(O)c1[nH]c2sccc2c1Cc1ccc(Cl)c(Cl)c1. The molecule has 0 atom stereocenters. The molecular formula is C14H9Cl2NO2S. The van der Waals surface area contributed by atoms with Crippen molar-refractivity contribution < 1.29 is 9.90 Å². The zero-order chi connectivity index (χ0) is 14.3. The van der Waals surface area contributed by atoms with Gasteiger partial charge in [0.1, 0.15) is 10.5 Å². The molecule has 0 aliphatic heterocycles. The second-order valence-corrected chi connectivity index (χ2v) is 6.10. The minimum absolute atomic E-state index is 0.234. The van der Waals surface area contributed by atoms with E-state index in [-0.39, 0.29) is 5.69 Å². The van der Waals surface area contributed by atoms with Crippen molar-refractivity contribution in [1.82, 2.24) is 4.98 Å². The maximum absolute atomic E-state index is 11.3. The van der Waals surface area contributed by atoms with E-state index in [1.165, 1.54) is 11.3 Å². The van der Waals surface area contributed by atoms with E-state index in [1.54, 1.807) is 12.1 Å². The number of aromatic amines is 1. The van der Waals surface area contributed by atoms with Crippen molar-refractivity contribution in [2.75, 3.05) is 0 Å².